The van der Waals surface area contributed by atoms with Crippen molar-refractivity contribution < 1.29 is 0 Å². The van der Waals surface area contributed by atoms with E-state index in [1.165, 1.54) is 11.1 Å². The van der Waals surface area contributed by atoms with Crippen LogP contribution in [0.25, 0.3) is 6.08 Å². The minimum atomic E-state index is 0.272. The Hall–Kier alpha value is -1.34. The molecule has 0 amide bonds. The third-order valence-corrected chi connectivity index (χ3v) is 3.21. The summed E-state index contributed by atoms with van der Waals surface area (Å²) in [5, 5.41) is 0. The molecule has 0 aliphatic carbocycles. The zero-order chi connectivity index (χ0) is 11.2. The second-order valence-electron chi connectivity index (χ2n) is 3.58. The highest BCUT2D eigenvalue weighted by Gasteiger charge is 2.00. The molecule has 0 N–H and O–H groups in total. The molecule has 0 radical (unpaired) electrons. The van der Waals surface area contributed by atoms with Crippen LogP contribution in [0.2, 0.25) is 0 Å². The zero-order valence-electron chi connectivity index (χ0n) is 8.88. The summed E-state index contributed by atoms with van der Waals surface area (Å²) in [5.41, 5.74) is 2.50. The van der Waals surface area contributed by atoms with Crippen LogP contribution in [0.15, 0.2) is 66.7 Å². The highest BCUT2D eigenvalue weighted by atomic mass is 79.9. The molecule has 2 aromatic carbocycles. The number of hydrogen-bond donors (Lipinski definition) is 0. The van der Waals surface area contributed by atoms with Crippen LogP contribution in [-0.2, 0) is 0 Å². The number of hydrogen-bond acceptors (Lipinski definition) is 0. The van der Waals surface area contributed by atoms with Crippen molar-refractivity contribution in [2.24, 2.45) is 0 Å². The Balaban J connectivity index is 2.08. The summed E-state index contributed by atoms with van der Waals surface area (Å²) < 4.78 is 0. The molecule has 1 unspecified atom stereocenters. The molecule has 80 valence electrons. The van der Waals surface area contributed by atoms with E-state index in [9.17, 15) is 0 Å². The van der Waals surface area contributed by atoms with Crippen LogP contribution >= 0.6 is 15.9 Å². The third kappa shape index (κ3) is 3.07. The van der Waals surface area contributed by atoms with Crippen LogP contribution < -0.4 is 0 Å². The molecule has 0 aliphatic heterocycles. The Kier molecular flexibility index (Phi) is 3.95. The van der Waals surface area contributed by atoms with Crippen molar-refractivity contribution in [2.75, 3.05) is 0 Å². The van der Waals surface area contributed by atoms with Gasteiger partial charge in [-0.15, -0.1) is 0 Å². The molecule has 2 aromatic rings. The average Bonchev–Trinajstić information content (AvgIpc) is 2.38. The van der Waals surface area contributed by atoms with Crippen LogP contribution in [0, 0.1) is 0 Å². The number of alkyl halides is 1. The zero-order valence-corrected chi connectivity index (χ0v) is 10.5. The standard InChI is InChI=1S/C15H13Br/c16-15(14-9-5-2-6-10-14)12-11-13-7-3-1-4-8-13/h1-12,15H/b12-11+. The molecule has 2 rings (SSSR count). The summed E-state index contributed by atoms with van der Waals surface area (Å²) in [5.74, 6) is 0. The lowest BCUT2D eigenvalue weighted by molar-refractivity contribution is 1.26. The molecule has 0 aromatic heterocycles. The molecule has 0 heterocycles. The van der Waals surface area contributed by atoms with Gasteiger partial charge in [-0.25, -0.2) is 0 Å². The van der Waals surface area contributed by atoms with Crippen LogP contribution in [0.1, 0.15) is 16.0 Å². The lowest BCUT2D eigenvalue weighted by Gasteiger charge is -2.03. The Labute approximate surface area is 105 Å². The normalized spacial score (nSPS) is 12.8. The molecule has 1 heteroatoms. The number of rotatable bonds is 3. The summed E-state index contributed by atoms with van der Waals surface area (Å²) in [4.78, 5) is 0.272. The van der Waals surface area contributed by atoms with Crippen LogP contribution in [0.4, 0.5) is 0 Å². The fraction of sp³-hybridized carbons (Fsp3) is 0.0667. The first-order chi connectivity index (χ1) is 7.86. The Morgan fingerprint density at radius 2 is 1.38 bits per heavy atom. The second kappa shape index (κ2) is 5.66. The summed E-state index contributed by atoms with van der Waals surface area (Å²) in [7, 11) is 0. The van der Waals surface area contributed by atoms with Crippen molar-refractivity contribution >= 4 is 22.0 Å². The molecule has 1 atom stereocenters. The van der Waals surface area contributed by atoms with E-state index in [0.717, 1.165) is 0 Å². The lowest BCUT2D eigenvalue weighted by Crippen LogP contribution is -1.83. The highest BCUT2D eigenvalue weighted by molar-refractivity contribution is 9.09. The number of benzene rings is 2. The van der Waals surface area contributed by atoms with E-state index in [2.05, 4.69) is 64.5 Å². The van der Waals surface area contributed by atoms with E-state index in [-0.39, 0.29) is 4.83 Å². The smallest absolute Gasteiger partial charge is 0.0578 e. The van der Waals surface area contributed by atoms with Gasteiger partial charge in [0.25, 0.3) is 0 Å². The van der Waals surface area contributed by atoms with E-state index in [1.807, 2.05) is 24.3 Å². The third-order valence-electron chi connectivity index (χ3n) is 2.38. The maximum Gasteiger partial charge on any atom is 0.0578 e. The Morgan fingerprint density at radius 3 is 2.00 bits per heavy atom. The summed E-state index contributed by atoms with van der Waals surface area (Å²) >= 11 is 3.66. The predicted molar refractivity (Wildman–Crippen MR) is 73.6 cm³/mol. The van der Waals surface area contributed by atoms with Crippen LogP contribution in [0.5, 0.6) is 0 Å². The van der Waals surface area contributed by atoms with Gasteiger partial charge in [0, 0.05) is 0 Å². The highest BCUT2D eigenvalue weighted by Crippen LogP contribution is 2.24. The van der Waals surface area contributed by atoms with Gasteiger partial charge in [0.15, 0.2) is 0 Å². The molecule has 0 saturated carbocycles. The van der Waals surface area contributed by atoms with E-state index < -0.39 is 0 Å². The summed E-state index contributed by atoms with van der Waals surface area (Å²) in [6, 6.07) is 20.7. The minimum Gasteiger partial charge on any atom is -0.0793 e. The van der Waals surface area contributed by atoms with E-state index in [4.69, 9.17) is 0 Å². The monoisotopic (exact) mass is 272 g/mol. The van der Waals surface area contributed by atoms with E-state index in [0.29, 0.717) is 0 Å². The van der Waals surface area contributed by atoms with Gasteiger partial charge in [-0.1, -0.05) is 88.7 Å². The molecule has 0 aliphatic rings. The van der Waals surface area contributed by atoms with Crippen molar-refractivity contribution in [3.05, 3.63) is 77.9 Å². The van der Waals surface area contributed by atoms with Crippen molar-refractivity contribution in [2.45, 2.75) is 4.83 Å². The van der Waals surface area contributed by atoms with Gasteiger partial charge < -0.3 is 0 Å². The maximum absolute atomic E-state index is 3.66. The molecule has 16 heavy (non-hydrogen) atoms. The quantitative estimate of drug-likeness (QED) is 0.702. The van der Waals surface area contributed by atoms with Gasteiger partial charge in [-0.2, -0.15) is 0 Å². The molecule has 0 saturated heterocycles. The minimum absolute atomic E-state index is 0.272. The lowest BCUT2D eigenvalue weighted by atomic mass is 10.1. The SMILES string of the molecule is BrC(/C=C/c1ccccc1)c1ccccc1. The maximum atomic E-state index is 3.66. The Morgan fingerprint density at radius 1 is 0.812 bits per heavy atom. The first-order valence-electron chi connectivity index (χ1n) is 5.28. The van der Waals surface area contributed by atoms with Gasteiger partial charge in [-0.05, 0) is 11.1 Å². The van der Waals surface area contributed by atoms with Gasteiger partial charge in [-0.3, -0.25) is 0 Å². The molecular formula is C15H13Br. The molecule has 0 bridgehead atoms. The van der Waals surface area contributed by atoms with Crippen molar-refractivity contribution in [3.8, 4) is 0 Å². The van der Waals surface area contributed by atoms with E-state index in [1.54, 1.807) is 0 Å². The fourth-order valence-corrected chi connectivity index (χ4v) is 1.97. The summed E-state index contributed by atoms with van der Waals surface area (Å²) in [6.45, 7) is 0. The van der Waals surface area contributed by atoms with Crippen LogP contribution in [-0.4, -0.2) is 0 Å². The topological polar surface area (TPSA) is 0 Å². The first-order valence-corrected chi connectivity index (χ1v) is 6.20. The second-order valence-corrected chi connectivity index (χ2v) is 4.57. The van der Waals surface area contributed by atoms with Gasteiger partial charge in [0.2, 0.25) is 0 Å². The van der Waals surface area contributed by atoms with Gasteiger partial charge >= 0.3 is 0 Å². The average molecular weight is 273 g/mol. The Bertz CT molecular complexity index is 445. The van der Waals surface area contributed by atoms with Gasteiger partial charge in [0.1, 0.15) is 0 Å². The van der Waals surface area contributed by atoms with Crippen molar-refractivity contribution in [1.29, 1.82) is 0 Å². The van der Waals surface area contributed by atoms with Crippen LogP contribution in [0.3, 0.4) is 0 Å². The molecule has 0 fully saturated rings. The van der Waals surface area contributed by atoms with Crippen molar-refractivity contribution in [1.82, 2.24) is 0 Å². The number of allylic oxidation sites excluding steroid dienone is 1. The molecule has 0 spiro atoms. The van der Waals surface area contributed by atoms with Crippen molar-refractivity contribution in [3.63, 3.8) is 0 Å². The first kappa shape index (κ1) is 11.2. The molecular weight excluding hydrogens is 260 g/mol. The van der Waals surface area contributed by atoms with E-state index >= 15 is 0 Å². The fourth-order valence-electron chi connectivity index (χ4n) is 1.51. The number of halogens is 1. The summed E-state index contributed by atoms with van der Waals surface area (Å²) in [6.07, 6.45) is 4.29. The largest absolute Gasteiger partial charge is 0.0793 e. The molecule has 0 nitrogen and oxygen atoms in total. The van der Waals surface area contributed by atoms with Gasteiger partial charge in [0.05, 0.1) is 4.83 Å². The predicted octanol–water partition coefficient (Wildman–Crippen LogP) is 4.84.